The summed E-state index contributed by atoms with van der Waals surface area (Å²) in [6, 6.07) is 4.65. The van der Waals surface area contributed by atoms with Gasteiger partial charge in [0.1, 0.15) is 17.5 Å². The molecule has 0 bridgehead atoms. The summed E-state index contributed by atoms with van der Waals surface area (Å²) >= 11 is 0. The van der Waals surface area contributed by atoms with E-state index in [0.29, 0.717) is 30.0 Å². The summed E-state index contributed by atoms with van der Waals surface area (Å²) in [6.45, 7) is 0. The first-order chi connectivity index (χ1) is 10.1. The van der Waals surface area contributed by atoms with Gasteiger partial charge in [0.25, 0.3) is 0 Å². The Balaban J connectivity index is 2.09. The van der Waals surface area contributed by atoms with Gasteiger partial charge in [-0.25, -0.2) is 0 Å². The first-order valence-electron chi connectivity index (χ1n) is 6.95. The number of rotatable bonds is 4. The highest BCUT2D eigenvalue weighted by atomic mass is 16.5. The molecular formula is C15H20N2O4. The molecule has 1 heterocycles. The van der Waals surface area contributed by atoms with E-state index in [1.54, 1.807) is 32.4 Å². The summed E-state index contributed by atoms with van der Waals surface area (Å²) in [5, 5.41) is 5.54. The van der Waals surface area contributed by atoms with Gasteiger partial charge in [-0.1, -0.05) is 6.42 Å². The zero-order valence-corrected chi connectivity index (χ0v) is 12.3. The lowest BCUT2D eigenvalue weighted by Crippen LogP contribution is -2.42. The predicted octanol–water partition coefficient (Wildman–Crippen LogP) is 1.70. The van der Waals surface area contributed by atoms with Crippen LogP contribution in [0.1, 0.15) is 25.7 Å². The molecule has 6 nitrogen and oxygen atoms in total. The number of anilines is 1. The highest BCUT2D eigenvalue weighted by Crippen LogP contribution is 2.26. The van der Waals surface area contributed by atoms with Gasteiger partial charge in [0, 0.05) is 30.3 Å². The number of hydrogen-bond acceptors (Lipinski definition) is 4. The molecule has 1 saturated heterocycles. The molecule has 6 heteroatoms. The highest BCUT2D eigenvalue weighted by molar-refractivity contribution is 5.97. The van der Waals surface area contributed by atoms with Crippen LogP contribution < -0.4 is 20.1 Å². The molecule has 2 rings (SSSR count). The zero-order valence-electron chi connectivity index (χ0n) is 12.3. The van der Waals surface area contributed by atoms with Crippen LogP contribution >= 0.6 is 0 Å². The molecule has 0 spiro atoms. The Kier molecular flexibility index (Phi) is 5.03. The van der Waals surface area contributed by atoms with Gasteiger partial charge < -0.3 is 20.1 Å². The fourth-order valence-electron chi connectivity index (χ4n) is 2.28. The predicted molar refractivity (Wildman–Crippen MR) is 78.6 cm³/mol. The summed E-state index contributed by atoms with van der Waals surface area (Å²) in [5.41, 5.74) is 0.578. The molecule has 0 saturated carbocycles. The Morgan fingerprint density at radius 3 is 2.48 bits per heavy atom. The van der Waals surface area contributed by atoms with Crippen molar-refractivity contribution in [2.75, 3.05) is 19.5 Å². The third-order valence-electron chi connectivity index (χ3n) is 3.42. The molecule has 1 fully saturated rings. The van der Waals surface area contributed by atoms with Crippen molar-refractivity contribution in [3.8, 4) is 11.5 Å². The highest BCUT2D eigenvalue weighted by Gasteiger charge is 2.23. The molecule has 1 aliphatic heterocycles. The minimum atomic E-state index is -0.489. The van der Waals surface area contributed by atoms with Crippen molar-refractivity contribution in [2.24, 2.45) is 0 Å². The Bertz CT molecular complexity index is 508. The third kappa shape index (κ3) is 4.11. The maximum Gasteiger partial charge on any atom is 0.246 e. The summed E-state index contributed by atoms with van der Waals surface area (Å²) in [5.74, 6) is 0.889. The van der Waals surface area contributed by atoms with Gasteiger partial charge in [-0.05, 0) is 12.8 Å². The van der Waals surface area contributed by atoms with Crippen molar-refractivity contribution < 1.29 is 19.1 Å². The van der Waals surface area contributed by atoms with Gasteiger partial charge in [-0.15, -0.1) is 0 Å². The third-order valence-corrected chi connectivity index (χ3v) is 3.42. The molecule has 114 valence electrons. The largest absolute Gasteiger partial charge is 0.497 e. The Labute approximate surface area is 123 Å². The molecule has 2 N–H and O–H groups in total. The average molecular weight is 292 g/mol. The second-order valence-corrected chi connectivity index (χ2v) is 4.96. The van der Waals surface area contributed by atoms with Crippen LogP contribution in [0.3, 0.4) is 0 Å². The lowest BCUT2D eigenvalue weighted by molar-refractivity contribution is -0.125. The minimum Gasteiger partial charge on any atom is -0.497 e. The molecular weight excluding hydrogens is 272 g/mol. The second-order valence-electron chi connectivity index (χ2n) is 4.96. The van der Waals surface area contributed by atoms with Gasteiger partial charge in [0.15, 0.2) is 0 Å². The molecule has 0 aromatic heterocycles. The minimum absolute atomic E-state index is 0.0733. The van der Waals surface area contributed by atoms with Crippen LogP contribution in [0.15, 0.2) is 18.2 Å². The van der Waals surface area contributed by atoms with E-state index in [2.05, 4.69) is 10.6 Å². The molecule has 1 atom stereocenters. The lowest BCUT2D eigenvalue weighted by Gasteiger charge is -2.16. The van der Waals surface area contributed by atoms with Gasteiger partial charge in [-0.2, -0.15) is 0 Å². The normalized spacial score (nSPS) is 18.4. The molecule has 21 heavy (non-hydrogen) atoms. The zero-order chi connectivity index (χ0) is 15.2. The monoisotopic (exact) mass is 292 g/mol. The van der Waals surface area contributed by atoms with E-state index in [4.69, 9.17) is 9.47 Å². The van der Waals surface area contributed by atoms with Crippen LogP contribution in [0.2, 0.25) is 0 Å². The first-order valence-corrected chi connectivity index (χ1v) is 6.95. The van der Waals surface area contributed by atoms with Gasteiger partial charge >= 0.3 is 0 Å². The first kappa shape index (κ1) is 15.2. The smallest absolute Gasteiger partial charge is 0.246 e. The number of ether oxygens (including phenoxy) is 2. The maximum absolute atomic E-state index is 12.3. The number of amides is 2. The van der Waals surface area contributed by atoms with Crippen molar-refractivity contribution >= 4 is 17.5 Å². The molecule has 0 radical (unpaired) electrons. The summed E-state index contributed by atoms with van der Waals surface area (Å²) in [7, 11) is 3.10. The fourth-order valence-corrected chi connectivity index (χ4v) is 2.28. The number of carbonyl (C=O) groups excluding carboxylic acids is 2. The van der Waals surface area contributed by atoms with Crippen LogP contribution in [0, 0.1) is 0 Å². The summed E-state index contributed by atoms with van der Waals surface area (Å²) in [6.07, 6.45) is 2.82. The van der Waals surface area contributed by atoms with E-state index in [0.717, 1.165) is 12.8 Å². The summed E-state index contributed by atoms with van der Waals surface area (Å²) < 4.78 is 10.3. The molecule has 0 aliphatic carbocycles. The van der Waals surface area contributed by atoms with E-state index in [1.165, 1.54) is 0 Å². The lowest BCUT2D eigenvalue weighted by atomic mass is 10.1. The number of nitrogens with one attached hydrogen (secondary N) is 2. The van der Waals surface area contributed by atoms with Crippen LogP contribution in [0.4, 0.5) is 5.69 Å². The molecule has 1 aromatic carbocycles. The maximum atomic E-state index is 12.3. The van der Waals surface area contributed by atoms with Crippen molar-refractivity contribution in [2.45, 2.75) is 31.7 Å². The summed E-state index contributed by atoms with van der Waals surface area (Å²) in [4.78, 5) is 23.8. The molecule has 1 aliphatic rings. The van der Waals surface area contributed by atoms with Gasteiger partial charge in [0.2, 0.25) is 11.8 Å². The van der Waals surface area contributed by atoms with E-state index in [1.807, 2.05) is 0 Å². The Morgan fingerprint density at radius 1 is 1.19 bits per heavy atom. The van der Waals surface area contributed by atoms with E-state index < -0.39 is 6.04 Å². The standard InChI is InChI=1S/C15H20N2O4/c1-20-11-7-10(8-12(9-11)21-2)16-15(19)13-5-3-4-6-14(18)17-13/h7-9,13H,3-6H2,1-2H3,(H,16,19)(H,17,18). The second kappa shape index (κ2) is 6.97. The van der Waals surface area contributed by atoms with Crippen LogP contribution in [-0.4, -0.2) is 32.1 Å². The Morgan fingerprint density at radius 2 is 1.86 bits per heavy atom. The van der Waals surface area contributed by atoms with Crippen molar-refractivity contribution in [1.82, 2.24) is 5.32 Å². The van der Waals surface area contributed by atoms with E-state index in [-0.39, 0.29) is 11.8 Å². The van der Waals surface area contributed by atoms with E-state index in [9.17, 15) is 9.59 Å². The molecule has 1 aromatic rings. The van der Waals surface area contributed by atoms with Gasteiger partial charge in [0.05, 0.1) is 14.2 Å². The van der Waals surface area contributed by atoms with Crippen LogP contribution in [0.25, 0.3) is 0 Å². The van der Waals surface area contributed by atoms with Crippen molar-refractivity contribution in [3.05, 3.63) is 18.2 Å². The van der Waals surface area contributed by atoms with Crippen molar-refractivity contribution in [3.63, 3.8) is 0 Å². The molecule has 2 amide bonds. The topological polar surface area (TPSA) is 76.7 Å². The number of methoxy groups -OCH3 is 2. The van der Waals surface area contributed by atoms with Crippen molar-refractivity contribution in [1.29, 1.82) is 0 Å². The Hall–Kier alpha value is -2.24. The molecule has 1 unspecified atom stereocenters. The average Bonchev–Trinajstić information content (AvgIpc) is 2.71. The quantitative estimate of drug-likeness (QED) is 0.885. The number of benzene rings is 1. The van der Waals surface area contributed by atoms with Gasteiger partial charge in [-0.3, -0.25) is 9.59 Å². The van der Waals surface area contributed by atoms with Crippen LogP contribution in [-0.2, 0) is 9.59 Å². The number of carbonyl (C=O) groups is 2. The fraction of sp³-hybridized carbons (Fsp3) is 0.467. The van der Waals surface area contributed by atoms with Crippen LogP contribution in [0.5, 0.6) is 11.5 Å². The SMILES string of the molecule is COc1cc(NC(=O)C2CCCCC(=O)N2)cc(OC)c1. The van der Waals surface area contributed by atoms with E-state index >= 15 is 0 Å². The number of hydrogen-bond donors (Lipinski definition) is 2.